The molecule has 2 aromatic carbocycles. The van der Waals surface area contributed by atoms with Crippen molar-refractivity contribution in [3.63, 3.8) is 0 Å². The molecular formula is C31H37FN6O3. The van der Waals surface area contributed by atoms with Gasteiger partial charge in [-0.05, 0) is 55.5 Å². The molecule has 0 radical (unpaired) electrons. The monoisotopic (exact) mass is 560 g/mol. The maximum Gasteiger partial charge on any atom is 0.307 e. The van der Waals surface area contributed by atoms with E-state index in [1.807, 2.05) is 56.1 Å². The lowest BCUT2D eigenvalue weighted by Gasteiger charge is -2.38. The first-order chi connectivity index (χ1) is 19.7. The minimum absolute atomic E-state index is 0.125. The molecule has 10 heteroatoms. The van der Waals surface area contributed by atoms with Crippen LogP contribution in [0.4, 0.5) is 16.3 Å². The van der Waals surface area contributed by atoms with E-state index in [1.165, 1.54) is 29.0 Å². The number of aromatic nitrogens is 4. The van der Waals surface area contributed by atoms with Crippen LogP contribution in [0.1, 0.15) is 51.8 Å². The van der Waals surface area contributed by atoms with Crippen molar-refractivity contribution in [1.29, 1.82) is 0 Å². The summed E-state index contributed by atoms with van der Waals surface area (Å²) < 4.78 is 22.8. The molecule has 2 aromatic heterocycles. The number of anilines is 2. The molecule has 0 amide bonds. The summed E-state index contributed by atoms with van der Waals surface area (Å²) in [5.74, 6) is 0.934. The first kappa shape index (κ1) is 28.3. The summed E-state index contributed by atoms with van der Waals surface area (Å²) in [6.07, 6.45) is 2.66. The van der Waals surface area contributed by atoms with Crippen LogP contribution >= 0.6 is 0 Å². The molecule has 1 atom stereocenters. The number of benzene rings is 2. The Morgan fingerprint density at radius 2 is 1.78 bits per heavy atom. The number of nitrogens with zero attached hydrogens (tertiary/aromatic N) is 6. The number of rotatable bonds is 9. The third-order valence-electron chi connectivity index (χ3n) is 7.60. The Morgan fingerprint density at radius 1 is 1.07 bits per heavy atom. The number of carbonyl (C=O) groups is 1. The molecule has 1 aliphatic heterocycles. The largest absolute Gasteiger partial charge is 0.441 e. The fourth-order valence-electron chi connectivity index (χ4n) is 5.48. The van der Waals surface area contributed by atoms with Gasteiger partial charge in [0.2, 0.25) is 11.9 Å². The summed E-state index contributed by atoms with van der Waals surface area (Å²) in [6, 6.07) is 16.2. The van der Waals surface area contributed by atoms with Crippen LogP contribution in [0.3, 0.4) is 0 Å². The molecule has 216 valence electrons. The average Bonchev–Trinajstić information content (AvgIpc) is 3.31. The van der Waals surface area contributed by atoms with Gasteiger partial charge in [-0.3, -0.25) is 9.59 Å². The van der Waals surface area contributed by atoms with Gasteiger partial charge in [0.15, 0.2) is 6.23 Å². The summed E-state index contributed by atoms with van der Waals surface area (Å²) in [5, 5.41) is 0. The minimum Gasteiger partial charge on any atom is -0.441 e. The summed E-state index contributed by atoms with van der Waals surface area (Å²) in [6.45, 7) is 7.71. The van der Waals surface area contributed by atoms with Gasteiger partial charge in [0.1, 0.15) is 5.82 Å². The predicted molar refractivity (Wildman–Crippen MR) is 158 cm³/mol. The third kappa shape index (κ3) is 6.26. The highest BCUT2D eigenvalue weighted by Crippen LogP contribution is 2.29. The van der Waals surface area contributed by atoms with Gasteiger partial charge in [-0.15, -0.1) is 0 Å². The Bertz CT molecular complexity index is 1560. The normalized spacial score (nSPS) is 14.9. The molecular weight excluding hydrogens is 523 g/mol. The zero-order chi connectivity index (χ0) is 29.1. The quantitative estimate of drug-likeness (QED) is 0.267. The van der Waals surface area contributed by atoms with Gasteiger partial charge < -0.3 is 19.1 Å². The maximum absolute atomic E-state index is 13.5. The second-order valence-electron chi connectivity index (χ2n) is 11.1. The van der Waals surface area contributed by atoms with Crippen LogP contribution in [0.25, 0.3) is 11.0 Å². The first-order valence-corrected chi connectivity index (χ1v) is 14.2. The highest BCUT2D eigenvalue weighted by molar-refractivity contribution is 5.79. The number of fused-ring (bicyclic) bond motifs is 1. The molecule has 1 aliphatic rings. The standard InChI is InChI=1S/C31H37FN6O3/c1-21(2)19-29(40)41-22(3)38-28(39)13-16-33-30(38)35(4)25-14-17-36(18-15-25)31-34-26-7-5-6-8-27(26)37(31)20-23-9-11-24(32)12-10-23/h5-13,16,21-22,25H,14-15,17-20H2,1-4H3. The number of imidazole rings is 1. The number of piperidine rings is 1. The number of esters is 1. The second-order valence-corrected chi connectivity index (χ2v) is 11.1. The first-order valence-electron chi connectivity index (χ1n) is 14.2. The number of ether oxygens (including phenoxy) is 1. The van der Waals surface area contributed by atoms with Gasteiger partial charge in [0.25, 0.3) is 5.56 Å². The maximum atomic E-state index is 13.5. The Balaban J connectivity index is 1.34. The molecule has 1 unspecified atom stereocenters. The molecule has 1 fully saturated rings. The molecule has 5 rings (SSSR count). The van der Waals surface area contributed by atoms with Crippen molar-refractivity contribution in [2.45, 2.75) is 58.8 Å². The van der Waals surface area contributed by atoms with Crippen LogP contribution in [-0.2, 0) is 16.1 Å². The average molecular weight is 561 g/mol. The van der Waals surface area contributed by atoms with Gasteiger partial charge in [-0.2, -0.15) is 0 Å². The summed E-state index contributed by atoms with van der Waals surface area (Å²) in [5.41, 5.74) is 2.69. The highest BCUT2D eigenvalue weighted by atomic mass is 19.1. The van der Waals surface area contributed by atoms with Crippen LogP contribution in [-0.4, -0.2) is 51.3 Å². The van der Waals surface area contributed by atoms with E-state index in [0.29, 0.717) is 12.5 Å². The highest BCUT2D eigenvalue weighted by Gasteiger charge is 2.29. The van der Waals surface area contributed by atoms with Crippen molar-refractivity contribution in [2.24, 2.45) is 5.92 Å². The van der Waals surface area contributed by atoms with E-state index in [-0.39, 0.29) is 35.7 Å². The fraction of sp³-hybridized carbons (Fsp3) is 0.419. The molecule has 3 heterocycles. The molecule has 0 spiro atoms. The van der Waals surface area contributed by atoms with Gasteiger partial charge in [0.05, 0.1) is 17.6 Å². The molecule has 41 heavy (non-hydrogen) atoms. The van der Waals surface area contributed by atoms with E-state index in [0.717, 1.165) is 48.5 Å². The van der Waals surface area contributed by atoms with Gasteiger partial charge >= 0.3 is 5.97 Å². The van der Waals surface area contributed by atoms with E-state index < -0.39 is 6.23 Å². The topological polar surface area (TPSA) is 85.5 Å². The fourth-order valence-corrected chi connectivity index (χ4v) is 5.48. The number of halogens is 1. The van der Waals surface area contributed by atoms with Gasteiger partial charge in [-0.25, -0.2) is 18.9 Å². The molecule has 0 saturated carbocycles. The molecule has 0 N–H and O–H groups in total. The van der Waals surface area contributed by atoms with Crippen molar-refractivity contribution < 1.29 is 13.9 Å². The predicted octanol–water partition coefficient (Wildman–Crippen LogP) is 4.99. The summed E-state index contributed by atoms with van der Waals surface area (Å²) in [7, 11) is 1.94. The molecule has 0 bridgehead atoms. The Labute approximate surface area is 239 Å². The van der Waals surface area contributed by atoms with Crippen molar-refractivity contribution in [3.8, 4) is 0 Å². The zero-order valence-corrected chi connectivity index (χ0v) is 24.0. The number of para-hydroxylation sites is 2. The van der Waals surface area contributed by atoms with Crippen molar-refractivity contribution in [3.05, 3.63) is 82.5 Å². The third-order valence-corrected chi connectivity index (χ3v) is 7.60. The lowest BCUT2D eigenvalue weighted by atomic mass is 10.0. The Morgan fingerprint density at radius 3 is 2.49 bits per heavy atom. The lowest BCUT2D eigenvalue weighted by Crippen LogP contribution is -2.46. The van der Waals surface area contributed by atoms with E-state index in [1.54, 1.807) is 6.92 Å². The SMILES string of the molecule is CC(C)CC(=O)OC(C)n1c(N(C)C2CCN(c3nc4ccccc4n3Cc3ccc(F)cc3)CC2)nccc1=O. The molecule has 0 aliphatic carbocycles. The van der Waals surface area contributed by atoms with Crippen molar-refractivity contribution >= 4 is 28.9 Å². The van der Waals surface area contributed by atoms with Crippen molar-refractivity contribution in [1.82, 2.24) is 19.1 Å². The van der Waals surface area contributed by atoms with E-state index in [2.05, 4.69) is 20.5 Å². The number of carbonyl (C=O) groups excluding carboxylic acids is 1. The van der Waals surface area contributed by atoms with Crippen LogP contribution in [0.5, 0.6) is 0 Å². The molecule has 4 aromatic rings. The van der Waals surface area contributed by atoms with Gasteiger partial charge in [0, 0.05) is 44.9 Å². The van der Waals surface area contributed by atoms with Crippen LogP contribution < -0.4 is 15.4 Å². The number of hydrogen-bond acceptors (Lipinski definition) is 7. The van der Waals surface area contributed by atoms with E-state index in [9.17, 15) is 14.0 Å². The van der Waals surface area contributed by atoms with Crippen LogP contribution in [0, 0.1) is 11.7 Å². The smallest absolute Gasteiger partial charge is 0.307 e. The van der Waals surface area contributed by atoms with Crippen LogP contribution in [0.15, 0.2) is 65.6 Å². The Kier molecular flexibility index (Phi) is 8.37. The minimum atomic E-state index is -0.772. The molecule has 1 saturated heterocycles. The number of hydrogen-bond donors (Lipinski definition) is 0. The van der Waals surface area contributed by atoms with Crippen molar-refractivity contribution in [2.75, 3.05) is 29.9 Å². The summed E-state index contributed by atoms with van der Waals surface area (Å²) >= 11 is 0. The Hall–Kier alpha value is -4.21. The van der Waals surface area contributed by atoms with Gasteiger partial charge in [-0.1, -0.05) is 38.1 Å². The zero-order valence-electron chi connectivity index (χ0n) is 24.0. The summed E-state index contributed by atoms with van der Waals surface area (Å²) in [4.78, 5) is 39.0. The second kappa shape index (κ2) is 12.1. The van der Waals surface area contributed by atoms with Crippen LogP contribution in [0.2, 0.25) is 0 Å². The lowest BCUT2D eigenvalue weighted by molar-refractivity contribution is -0.153. The molecule has 9 nitrogen and oxygen atoms in total. The van der Waals surface area contributed by atoms with E-state index in [4.69, 9.17) is 9.72 Å². The van der Waals surface area contributed by atoms with E-state index >= 15 is 0 Å².